The van der Waals surface area contributed by atoms with Gasteiger partial charge in [-0.3, -0.25) is 4.79 Å². The number of nitrogens with zero attached hydrogens (tertiary/aromatic N) is 1. The minimum Gasteiger partial charge on any atom is -0.437 e. The molecule has 1 rings (SSSR count). The first-order chi connectivity index (χ1) is 4.68. The van der Waals surface area contributed by atoms with Crippen LogP contribution in [0.5, 0.6) is 0 Å². The van der Waals surface area contributed by atoms with Gasteiger partial charge in [0.15, 0.2) is 0 Å². The van der Waals surface area contributed by atoms with Gasteiger partial charge in [0.05, 0.1) is 12.6 Å². The van der Waals surface area contributed by atoms with Gasteiger partial charge in [-0.15, -0.1) is 0 Å². The Kier molecular flexibility index (Phi) is 2.25. The first kappa shape index (κ1) is 7.52. The molecule has 0 bridgehead atoms. The van der Waals surface area contributed by atoms with Crippen molar-refractivity contribution in [2.24, 2.45) is 5.73 Å². The van der Waals surface area contributed by atoms with E-state index in [1.165, 1.54) is 6.20 Å². The zero-order valence-electron chi connectivity index (χ0n) is 5.00. The van der Waals surface area contributed by atoms with Gasteiger partial charge in [-0.25, -0.2) is 4.98 Å². The largest absolute Gasteiger partial charge is 0.437 e. The average molecular weight is 252 g/mol. The summed E-state index contributed by atoms with van der Waals surface area (Å²) >= 11 is 1.92. The highest BCUT2D eigenvalue weighted by molar-refractivity contribution is 14.1. The maximum atomic E-state index is 10.3. The predicted molar refractivity (Wildman–Crippen MR) is 42.1 cm³/mol. The molecule has 0 atom stereocenters. The van der Waals surface area contributed by atoms with Crippen LogP contribution in [0.15, 0.2) is 10.6 Å². The summed E-state index contributed by atoms with van der Waals surface area (Å²) in [5.41, 5.74) is 4.90. The van der Waals surface area contributed by atoms with Crippen LogP contribution in [-0.4, -0.2) is 10.9 Å². The van der Waals surface area contributed by atoms with Crippen LogP contribution >= 0.6 is 22.6 Å². The summed E-state index contributed by atoms with van der Waals surface area (Å²) in [6.07, 6.45) is 1.61. The zero-order valence-corrected chi connectivity index (χ0v) is 7.16. The van der Waals surface area contributed by atoms with Crippen molar-refractivity contribution in [1.29, 1.82) is 0 Å². The standard InChI is InChI=1S/C5H5IN2O2/c6-5-8-2-3(10-5)1-4(7)9/h2H,1H2,(H2,7,9). The van der Waals surface area contributed by atoms with Crippen LogP contribution in [0.4, 0.5) is 0 Å². The lowest BCUT2D eigenvalue weighted by Crippen LogP contribution is -2.12. The molecular weight excluding hydrogens is 247 g/mol. The second-order valence-corrected chi connectivity index (χ2v) is 2.65. The van der Waals surface area contributed by atoms with Crippen molar-refractivity contribution >= 4 is 28.5 Å². The van der Waals surface area contributed by atoms with E-state index in [0.717, 1.165) is 0 Å². The van der Waals surface area contributed by atoms with Gasteiger partial charge in [0.1, 0.15) is 5.76 Å². The fraction of sp³-hybridized carbons (Fsp3) is 0.200. The molecule has 0 saturated carbocycles. The van der Waals surface area contributed by atoms with Gasteiger partial charge in [0.25, 0.3) is 3.90 Å². The SMILES string of the molecule is NC(=O)Cc1cnc(I)o1. The Morgan fingerprint density at radius 2 is 2.60 bits per heavy atom. The lowest BCUT2D eigenvalue weighted by Gasteiger charge is -1.85. The van der Waals surface area contributed by atoms with E-state index in [1.54, 1.807) is 0 Å². The summed E-state index contributed by atoms with van der Waals surface area (Å²) < 4.78 is 5.49. The molecule has 1 aromatic heterocycles. The zero-order chi connectivity index (χ0) is 7.56. The van der Waals surface area contributed by atoms with E-state index in [-0.39, 0.29) is 6.42 Å². The van der Waals surface area contributed by atoms with Gasteiger partial charge < -0.3 is 10.2 Å². The molecular formula is C5H5IN2O2. The summed E-state index contributed by atoms with van der Waals surface area (Å²) in [4.78, 5) is 14.1. The minimum atomic E-state index is -0.410. The van der Waals surface area contributed by atoms with Gasteiger partial charge in [-0.2, -0.15) is 0 Å². The molecule has 0 aromatic carbocycles. The van der Waals surface area contributed by atoms with E-state index < -0.39 is 5.91 Å². The Bertz CT molecular complexity index is 246. The summed E-state index contributed by atoms with van der Waals surface area (Å²) in [6.45, 7) is 0. The van der Waals surface area contributed by atoms with Gasteiger partial charge in [0.2, 0.25) is 5.91 Å². The van der Waals surface area contributed by atoms with Crippen molar-refractivity contribution in [1.82, 2.24) is 4.98 Å². The maximum absolute atomic E-state index is 10.3. The highest BCUT2D eigenvalue weighted by Crippen LogP contribution is 2.05. The molecule has 0 spiro atoms. The first-order valence-corrected chi connectivity index (χ1v) is 3.65. The van der Waals surface area contributed by atoms with Crippen molar-refractivity contribution in [3.63, 3.8) is 0 Å². The van der Waals surface area contributed by atoms with Crippen LogP contribution in [0.3, 0.4) is 0 Å². The second-order valence-electron chi connectivity index (χ2n) is 1.72. The van der Waals surface area contributed by atoms with E-state index in [0.29, 0.717) is 9.66 Å². The van der Waals surface area contributed by atoms with Gasteiger partial charge in [-0.05, 0) is 0 Å². The topological polar surface area (TPSA) is 69.1 Å². The molecule has 0 saturated heterocycles. The van der Waals surface area contributed by atoms with Gasteiger partial charge in [-0.1, -0.05) is 0 Å². The number of aromatic nitrogens is 1. The molecule has 2 N–H and O–H groups in total. The Balaban J connectivity index is 2.67. The molecule has 0 radical (unpaired) electrons. The van der Waals surface area contributed by atoms with Crippen LogP contribution in [0.2, 0.25) is 0 Å². The molecule has 0 unspecified atom stereocenters. The average Bonchev–Trinajstić information content (AvgIpc) is 2.13. The van der Waals surface area contributed by atoms with Crippen molar-refractivity contribution < 1.29 is 9.21 Å². The van der Waals surface area contributed by atoms with Crippen molar-refractivity contribution in [2.75, 3.05) is 0 Å². The highest BCUT2D eigenvalue weighted by Gasteiger charge is 2.03. The number of carbonyl (C=O) groups is 1. The monoisotopic (exact) mass is 252 g/mol. The smallest absolute Gasteiger partial charge is 0.257 e. The number of primary amides is 1. The van der Waals surface area contributed by atoms with E-state index in [2.05, 4.69) is 4.98 Å². The fourth-order valence-electron chi connectivity index (χ4n) is 0.537. The van der Waals surface area contributed by atoms with Crippen LogP contribution in [0, 0.1) is 3.90 Å². The Labute approximate surface area is 70.9 Å². The van der Waals surface area contributed by atoms with Crippen LogP contribution < -0.4 is 5.73 Å². The predicted octanol–water partition coefficient (Wildman–Crippen LogP) is 0.307. The number of hydrogen-bond donors (Lipinski definition) is 1. The van der Waals surface area contributed by atoms with E-state index in [1.807, 2.05) is 22.6 Å². The first-order valence-electron chi connectivity index (χ1n) is 2.57. The summed E-state index contributed by atoms with van der Waals surface area (Å²) in [6, 6.07) is 0. The number of hydrogen-bond acceptors (Lipinski definition) is 3. The molecule has 10 heavy (non-hydrogen) atoms. The molecule has 0 aliphatic heterocycles. The van der Waals surface area contributed by atoms with E-state index >= 15 is 0 Å². The van der Waals surface area contributed by atoms with Gasteiger partial charge >= 0.3 is 0 Å². The third-order valence-corrected chi connectivity index (χ3v) is 1.37. The molecule has 5 heteroatoms. The molecule has 54 valence electrons. The minimum absolute atomic E-state index is 0.121. The van der Waals surface area contributed by atoms with Crippen molar-refractivity contribution in [3.05, 3.63) is 15.9 Å². The van der Waals surface area contributed by atoms with Crippen LogP contribution in [0.1, 0.15) is 5.76 Å². The number of carbonyl (C=O) groups excluding carboxylic acids is 1. The van der Waals surface area contributed by atoms with Crippen LogP contribution in [0.25, 0.3) is 0 Å². The number of amides is 1. The fourth-order valence-corrected chi connectivity index (χ4v) is 0.959. The maximum Gasteiger partial charge on any atom is 0.257 e. The number of halogens is 1. The quantitative estimate of drug-likeness (QED) is 0.770. The number of nitrogens with two attached hydrogens (primary N) is 1. The second kappa shape index (κ2) is 3.00. The number of oxazole rings is 1. The molecule has 0 aliphatic rings. The van der Waals surface area contributed by atoms with E-state index in [4.69, 9.17) is 10.2 Å². The molecule has 1 aromatic rings. The third-order valence-electron chi connectivity index (χ3n) is 0.874. The molecule has 1 amide bonds. The Morgan fingerprint density at radius 1 is 1.90 bits per heavy atom. The normalized spacial score (nSPS) is 9.70. The molecule has 4 nitrogen and oxygen atoms in total. The van der Waals surface area contributed by atoms with Gasteiger partial charge in [0, 0.05) is 22.6 Å². The Hall–Kier alpha value is -0.590. The van der Waals surface area contributed by atoms with Crippen molar-refractivity contribution in [2.45, 2.75) is 6.42 Å². The summed E-state index contributed by atoms with van der Waals surface area (Å²) in [5, 5.41) is 0. The van der Waals surface area contributed by atoms with E-state index in [9.17, 15) is 4.79 Å². The van der Waals surface area contributed by atoms with Crippen LogP contribution in [-0.2, 0) is 11.2 Å². The third kappa shape index (κ3) is 1.98. The summed E-state index contributed by atoms with van der Waals surface area (Å²) in [5.74, 6) is 0.101. The molecule has 0 aliphatic carbocycles. The highest BCUT2D eigenvalue weighted by atomic mass is 127. The molecule has 0 fully saturated rings. The lowest BCUT2D eigenvalue weighted by molar-refractivity contribution is -0.117. The molecule has 1 heterocycles. The lowest BCUT2D eigenvalue weighted by atomic mass is 10.3. The summed E-state index contributed by atoms with van der Waals surface area (Å²) in [7, 11) is 0. The van der Waals surface area contributed by atoms with Crippen molar-refractivity contribution in [3.8, 4) is 0 Å². The Morgan fingerprint density at radius 3 is 3.00 bits per heavy atom. The number of rotatable bonds is 2.